The zero-order valence-electron chi connectivity index (χ0n) is 14.7. The molecule has 0 aliphatic rings. The van der Waals surface area contributed by atoms with Crippen LogP contribution in [-0.4, -0.2) is 31.9 Å². The van der Waals surface area contributed by atoms with Gasteiger partial charge in [-0.25, -0.2) is 0 Å². The molecule has 0 aliphatic heterocycles. The van der Waals surface area contributed by atoms with Gasteiger partial charge in [-0.05, 0) is 60.2 Å². The van der Waals surface area contributed by atoms with Crippen LogP contribution in [0.25, 0.3) is 0 Å². The summed E-state index contributed by atoms with van der Waals surface area (Å²) in [6.07, 6.45) is 2.22. The summed E-state index contributed by atoms with van der Waals surface area (Å²) in [5.74, 6) is 1.32. The average Bonchev–Trinajstić information content (AvgIpc) is 2.58. The van der Waals surface area contributed by atoms with Crippen LogP contribution < -0.4 is 9.47 Å². The zero-order chi connectivity index (χ0) is 18.1. The van der Waals surface area contributed by atoms with Crippen LogP contribution in [0.1, 0.15) is 30.0 Å². The number of ether oxygens (including phenoxy) is 3. The van der Waals surface area contributed by atoms with Crippen LogP contribution in [0.15, 0.2) is 36.4 Å². The Morgan fingerprint density at radius 3 is 2.40 bits per heavy atom. The van der Waals surface area contributed by atoms with E-state index in [4.69, 9.17) is 14.2 Å². The molecule has 5 heteroatoms. The fourth-order valence-corrected chi connectivity index (χ4v) is 2.60. The lowest BCUT2D eigenvalue weighted by Crippen LogP contribution is -2.00. The summed E-state index contributed by atoms with van der Waals surface area (Å²) in [6.45, 7) is 3.64. The maximum Gasteiger partial charge on any atom is 0.298 e. The van der Waals surface area contributed by atoms with Gasteiger partial charge in [0.15, 0.2) is 0 Å². The van der Waals surface area contributed by atoms with Gasteiger partial charge in [-0.1, -0.05) is 13.0 Å². The number of hydrogen-bond donors (Lipinski definition) is 1. The molecule has 0 bridgehead atoms. The second-order valence-corrected chi connectivity index (χ2v) is 5.80. The highest BCUT2D eigenvalue weighted by Gasteiger charge is 2.07. The lowest BCUT2D eigenvalue weighted by molar-refractivity contribution is -0.120. The molecule has 0 unspecified atom stereocenters. The lowest BCUT2D eigenvalue weighted by Gasteiger charge is -2.11. The van der Waals surface area contributed by atoms with Gasteiger partial charge in [0.1, 0.15) is 17.2 Å². The number of phenolic OH excluding ortho intramolecular Hbond substituents is 1. The first-order valence-electron chi connectivity index (χ1n) is 8.32. The van der Waals surface area contributed by atoms with Crippen molar-refractivity contribution >= 4 is 6.47 Å². The summed E-state index contributed by atoms with van der Waals surface area (Å²) in [7, 11) is 1.65. The van der Waals surface area contributed by atoms with E-state index in [2.05, 4.69) is 0 Å². The third-order valence-corrected chi connectivity index (χ3v) is 3.64. The molecule has 0 radical (unpaired) electrons. The zero-order valence-corrected chi connectivity index (χ0v) is 14.7. The number of carbonyl (C=O) groups is 1. The SMILES string of the molecule is CCCOc1cc(O)cc(Cc2cc(CCOC)cc(OC=O)c2)c1. The third-order valence-electron chi connectivity index (χ3n) is 3.64. The highest BCUT2D eigenvalue weighted by Crippen LogP contribution is 2.26. The molecular weight excluding hydrogens is 320 g/mol. The van der Waals surface area contributed by atoms with Gasteiger partial charge in [0, 0.05) is 13.2 Å². The van der Waals surface area contributed by atoms with Crippen LogP contribution in [0.3, 0.4) is 0 Å². The largest absolute Gasteiger partial charge is 0.508 e. The number of aromatic hydroxyl groups is 1. The maximum absolute atomic E-state index is 10.7. The van der Waals surface area contributed by atoms with E-state index in [1.54, 1.807) is 19.2 Å². The van der Waals surface area contributed by atoms with E-state index in [1.807, 2.05) is 31.2 Å². The molecule has 0 saturated heterocycles. The first-order chi connectivity index (χ1) is 12.1. The number of hydrogen-bond acceptors (Lipinski definition) is 5. The van der Waals surface area contributed by atoms with Gasteiger partial charge in [0.25, 0.3) is 6.47 Å². The van der Waals surface area contributed by atoms with Crippen molar-refractivity contribution in [3.63, 3.8) is 0 Å². The third kappa shape index (κ3) is 6.12. The quantitative estimate of drug-likeness (QED) is 0.668. The molecule has 2 aromatic carbocycles. The molecular formula is C20H24O5. The molecule has 0 saturated carbocycles. The number of phenols is 1. The number of benzene rings is 2. The molecule has 0 aromatic heterocycles. The number of rotatable bonds is 10. The van der Waals surface area contributed by atoms with E-state index in [0.29, 0.717) is 37.6 Å². The second kappa shape index (κ2) is 9.69. The van der Waals surface area contributed by atoms with Gasteiger partial charge < -0.3 is 19.3 Å². The Hall–Kier alpha value is -2.53. The van der Waals surface area contributed by atoms with E-state index < -0.39 is 0 Å². The molecule has 1 N–H and O–H groups in total. The minimum Gasteiger partial charge on any atom is -0.508 e. The van der Waals surface area contributed by atoms with E-state index in [9.17, 15) is 9.90 Å². The summed E-state index contributed by atoms with van der Waals surface area (Å²) in [4.78, 5) is 10.7. The van der Waals surface area contributed by atoms with Crippen molar-refractivity contribution in [1.29, 1.82) is 0 Å². The molecule has 134 valence electrons. The molecule has 2 rings (SSSR count). The fraction of sp³-hybridized carbons (Fsp3) is 0.350. The van der Waals surface area contributed by atoms with Gasteiger partial charge in [-0.2, -0.15) is 0 Å². The summed E-state index contributed by atoms with van der Waals surface area (Å²) in [5.41, 5.74) is 2.93. The highest BCUT2D eigenvalue weighted by molar-refractivity contribution is 5.48. The normalized spacial score (nSPS) is 10.5. The van der Waals surface area contributed by atoms with Crippen LogP contribution in [-0.2, 0) is 22.4 Å². The molecule has 0 spiro atoms. The van der Waals surface area contributed by atoms with E-state index >= 15 is 0 Å². The first kappa shape index (κ1) is 18.8. The Bertz CT molecular complexity index is 696. The van der Waals surface area contributed by atoms with Crippen molar-refractivity contribution in [3.05, 3.63) is 53.1 Å². The second-order valence-electron chi connectivity index (χ2n) is 5.80. The van der Waals surface area contributed by atoms with Crippen molar-refractivity contribution in [2.75, 3.05) is 20.3 Å². The van der Waals surface area contributed by atoms with Gasteiger partial charge in [0.05, 0.1) is 13.2 Å². The van der Waals surface area contributed by atoms with Crippen molar-refractivity contribution < 1.29 is 24.1 Å². The number of carbonyl (C=O) groups excluding carboxylic acids is 1. The molecule has 0 heterocycles. The first-order valence-corrected chi connectivity index (χ1v) is 8.32. The molecule has 2 aromatic rings. The Morgan fingerprint density at radius 1 is 0.960 bits per heavy atom. The average molecular weight is 344 g/mol. The standard InChI is InChI=1S/C20H24O5/c1-3-5-24-20-12-17(9-18(22)13-20)8-16-7-15(4-6-23-2)10-19(11-16)25-14-21/h7,9-14,22H,3-6,8H2,1-2H3. The van der Waals surface area contributed by atoms with Crippen molar-refractivity contribution in [3.8, 4) is 17.2 Å². The van der Waals surface area contributed by atoms with Crippen molar-refractivity contribution in [2.24, 2.45) is 0 Å². The maximum atomic E-state index is 10.7. The summed E-state index contributed by atoms with van der Waals surface area (Å²) >= 11 is 0. The predicted molar refractivity (Wildman–Crippen MR) is 95.4 cm³/mol. The molecule has 0 aliphatic carbocycles. The van der Waals surface area contributed by atoms with Gasteiger partial charge in [-0.15, -0.1) is 0 Å². The van der Waals surface area contributed by atoms with E-state index in [1.165, 1.54) is 0 Å². The minimum absolute atomic E-state index is 0.170. The monoisotopic (exact) mass is 344 g/mol. The lowest BCUT2D eigenvalue weighted by atomic mass is 10.0. The predicted octanol–water partition coefficient (Wildman–Crippen LogP) is 3.50. The summed E-state index contributed by atoms with van der Waals surface area (Å²) in [6, 6.07) is 10.9. The molecule has 25 heavy (non-hydrogen) atoms. The van der Waals surface area contributed by atoms with Crippen LogP contribution in [0, 0.1) is 0 Å². The molecule has 0 fully saturated rings. The molecule has 0 amide bonds. The minimum atomic E-state index is 0.170. The van der Waals surface area contributed by atoms with Gasteiger partial charge in [0.2, 0.25) is 0 Å². The molecule has 0 atom stereocenters. The summed E-state index contributed by atoms with van der Waals surface area (Å²) < 4.78 is 15.7. The van der Waals surface area contributed by atoms with Crippen LogP contribution in [0.4, 0.5) is 0 Å². The van der Waals surface area contributed by atoms with Crippen LogP contribution >= 0.6 is 0 Å². The van der Waals surface area contributed by atoms with Crippen LogP contribution in [0.5, 0.6) is 17.2 Å². The number of methoxy groups -OCH3 is 1. The Kier molecular flexibility index (Phi) is 7.29. The Balaban J connectivity index is 2.24. The van der Waals surface area contributed by atoms with Gasteiger partial charge in [-0.3, -0.25) is 4.79 Å². The van der Waals surface area contributed by atoms with E-state index in [0.717, 1.165) is 29.5 Å². The van der Waals surface area contributed by atoms with Gasteiger partial charge >= 0.3 is 0 Å². The topological polar surface area (TPSA) is 65.0 Å². The van der Waals surface area contributed by atoms with Crippen LogP contribution in [0.2, 0.25) is 0 Å². The van der Waals surface area contributed by atoms with Crippen molar-refractivity contribution in [1.82, 2.24) is 0 Å². The smallest absolute Gasteiger partial charge is 0.298 e. The molecule has 5 nitrogen and oxygen atoms in total. The summed E-state index contributed by atoms with van der Waals surface area (Å²) in [5, 5.41) is 9.91. The van der Waals surface area contributed by atoms with Crippen molar-refractivity contribution in [2.45, 2.75) is 26.2 Å². The van der Waals surface area contributed by atoms with E-state index in [-0.39, 0.29) is 5.75 Å². The fourth-order valence-electron chi connectivity index (χ4n) is 2.60. The Morgan fingerprint density at radius 2 is 1.68 bits per heavy atom. The Labute approximate surface area is 148 Å². The highest BCUT2D eigenvalue weighted by atomic mass is 16.5.